The number of imide groups is 1. The van der Waals surface area contributed by atoms with Crippen LogP contribution >= 0.6 is 11.6 Å². The monoisotopic (exact) mass is 278 g/mol. The fraction of sp³-hybridized carbons (Fsp3) is 0.200. The first-order chi connectivity index (χ1) is 8.30. The van der Waals surface area contributed by atoms with Gasteiger partial charge >= 0.3 is 12.2 Å². The molecule has 3 amide bonds. The van der Waals surface area contributed by atoms with Gasteiger partial charge in [-0.15, -0.1) is 0 Å². The molecule has 0 aromatic heterocycles. The average molecular weight is 279 g/mol. The number of rotatable bonds is 1. The molecule has 0 aliphatic carbocycles. The van der Waals surface area contributed by atoms with Crippen LogP contribution in [-0.4, -0.2) is 18.5 Å². The van der Waals surface area contributed by atoms with Crippen LogP contribution in [0.5, 0.6) is 0 Å². The summed E-state index contributed by atoms with van der Waals surface area (Å²) in [5.74, 6) is -0.615. The molecule has 2 rings (SSSR count). The number of carbonyl (C=O) groups excluding carboxylic acids is 2. The summed E-state index contributed by atoms with van der Waals surface area (Å²) in [5, 5.41) is 1.73. The molecule has 1 fully saturated rings. The molecule has 0 atom stereocenters. The van der Waals surface area contributed by atoms with Crippen LogP contribution in [0.4, 0.5) is 23.7 Å². The van der Waals surface area contributed by atoms with E-state index >= 15 is 0 Å². The minimum Gasteiger partial charge on any atom is -0.328 e. The van der Waals surface area contributed by atoms with Gasteiger partial charge in [0.25, 0.3) is 5.91 Å². The number of amides is 3. The Kier molecular flexibility index (Phi) is 2.94. The first-order valence-electron chi connectivity index (χ1n) is 4.78. The zero-order chi connectivity index (χ0) is 13.5. The Labute approximate surface area is 104 Å². The summed E-state index contributed by atoms with van der Waals surface area (Å²) < 4.78 is 37.9. The van der Waals surface area contributed by atoms with Crippen LogP contribution in [0.1, 0.15) is 5.56 Å². The number of benzene rings is 1. The van der Waals surface area contributed by atoms with Gasteiger partial charge in [0.1, 0.15) is 0 Å². The second-order valence-electron chi connectivity index (χ2n) is 3.55. The highest BCUT2D eigenvalue weighted by Gasteiger charge is 2.36. The Bertz CT molecular complexity index is 514. The SMILES string of the molecule is O=C1CNC(=O)N1c1ccc(Cl)c(C(F)(F)F)c1. The van der Waals surface area contributed by atoms with E-state index in [9.17, 15) is 22.8 Å². The molecule has 0 radical (unpaired) electrons. The summed E-state index contributed by atoms with van der Waals surface area (Å²) in [7, 11) is 0. The van der Waals surface area contributed by atoms with E-state index in [-0.39, 0.29) is 12.2 Å². The van der Waals surface area contributed by atoms with Gasteiger partial charge in [-0.05, 0) is 18.2 Å². The van der Waals surface area contributed by atoms with Crippen LogP contribution in [0.2, 0.25) is 5.02 Å². The van der Waals surface area contributed by atoms with Gasteiger partial charge in [0, 0.05) is 0 Å². The molecule has 1 aromatic carbocycles. The first-order valence-corrected chi connectivity index (χ1v) is 5.16. The number of nitrogens with one attached hydrogen (secondary N) is 1. The lowest BCUT2D eigenvalue weighted by molar-refractivity contribution is -0.137. The minimum absolute atomic E-state index is 0.160. The summed E-state index contributed by atoms with van der Waals surface area (Å²) >= 11 is 5.44. The molecule has 1 aliphatic heterocycles. The van der Waals surface area contributed by atoms with E-state index in [1.165, 1.54) is 6.07 Å². The quantitative estimate of drug-likeness (QED) is 0.802. The number of nitrogens with zero attached hydrogens (tertiary/aromatic N) is 1. The number of hydrogen-bond acceptors (Lipinski definition) is 2. The number of urea groups is 1. The Morgan fingerprint density at radius 3 is 2.44 bits per heavy atom. The second-order valence-corrected chi connectivity index (χ2v) is 3.96. The third kappa shape index (κ3) is 2.13. The third-order valence-electron chi connectivity index (χ3n) is 2.36. The van der Waals surface area contributed by atoms with E-state index in [1.807, 2.05) is 0 Å². The van der Waals surface area contributed by atoms with Gasteiger partial charge in [-0.2, -0.15) is 13.2 Å². The van der Waals surface area contributed by atoms with Gasteiger partial charge < -0.3 is 5.32 Å². The molecule has 18 heavy (non-hydrogen) atoms. The van der Waals surface area contributed by atoms with Crippen molar-refractivity contribution in [3.63, 3.8) is 0 Å². The molecule has 0 spiro atoms. The molecule has 1 aromatic rings. The molecule has 1 N–H and O–H groups in total. The highest BCUT2D eigenvalue weighted by molar-refractivity contribution is 6.31. The van der Waals surface area contributed by atoms with E-state index in [4.69, 9.17) is 11.6 Å². The lowest BCUT2D eigenvalue weighted by atomic mass is 10.2. The fourth-order valence-corrected chi connectivity index (χ4v) is 1.78. The molecule has 1 heterocycles. The smallest absolute Gasteiger partial charge is 0.328 e. The first kappa shape index (κ1) is 12.7. The predicted molar refractivity (Wildman–Crippen MR) is 57.3 cm³/mol. The number of alkyl halides is 3. The molecule has 0 bridgehead atoms. The average Bonchev–Trinajstić information content (AvgIpc) is 2.58. The number of anilines is 1. The van der Waals surface area contributed by atoms with E-state index < -0.39 is 28.7 Å². The summed E-state index contributed by atoms with van der Waals surface area (Å²) in [5.41, 5.74) is -1.25. The molecule has 8 heteroatoms. The minimum atomic E-state index is -4.65. The lowest BCUT2D eigenvalue weighted by Crippen LogP contribution is -2.30. The van der Waals surface area contributed by atoms with Crippen molar-refractivity contribution in [1.29, 1.82) is 0 Å². The van der Waals surface area contributed by atoms with Gasteiger partial charge in [0.15, 0.2) is 0 Å². The summed E-state index contributed by atoms with van der Waals surface area (Å²) in [4.78, 5) is 23.3. The van der Waals surface area contributed by atoms with E-state index in [0.717, 1.165) is 6.07 Å². The molecular formula is C10H6ClF3N2O2. The van der Waals surface area contributed by atoms with Crippen molar-refractivity contribution < 1.29 is 22.8 Å². The highest BCUT2D eigenvalue weighted by atomic mass is 35.5. The Hall–Kier alpha value is -1.76. The zero-order valence-corrected chi connectivity index (χ0v) is 9.47. The van der Waals surface area contributed by atoms with E-state index in [1.54, 1.807) is 0 Å². The van der Waals surface area contributed by atoms with Crippen LogP contribution in [0.15, 0.2) is 18.2 Å². The zero-order valence-electron chi connectivity index (χ0n) is 8.71. The summed E-state index contributed by atoms with van der Waals surface area (Å²) in [6, 6.07) is 2.10. The standard InChI is InChI=1S/C10H6ClF3N2O2/c11-7-2-1-5(3-6(7)10(12,13)14)16-8(17)4-15-9(16)18/h1-3H,4H2,(H,15,18). The molecule has 1 saturated heterocycles. The van der Waals surface area contributed by atoms with E-state index in [0.29, 0.717) is 11.0 Å². The Morgan fingerprint density at radius 2 is 1.94 bits per heavy atom. The topological polar surface area (TPSA) is 49.4 Å². The second kappa shape index (κ2) is 4.16. The van der Waals surface area contributed by atoms with Gasteiger partial charge in [-0.1, -0.05) is 11.6 Å². The normalized spacial score (nSPS) is 16.1. The van der Waals surface area contributed by atoms with E-state index in [2.05, 4.69) is 5.32 Å². The maximum Gasteiger partial charge on any atom is 0.417 e. The number of carbonyl (C=O) groups is 2. The van der Waals surface area contributed by atoms with Crippen molar-refractivity contribution in [3.05, 3.63) is 28.8 Å². The molecule has 1 aliphatic rings. The largest absolute Gasteiger partial charge is 0.417 e. The third-order valence-corrected chi connectivity index (χ3v) is 2.69. The lowest BCUT2D eigenvalue weighted by Gasteiger charge is -2.15. The maximum absolute atomic E-state index is 12.6. The van der Waals surface area contributed by atoms with Crippen molar-refractivity contribution in [1.82, 2.24) is 5.32 Å². The highest BCUT2D eigenvalue weighted by Crippen LogP contribution is 2.37. The summed E-state index contributed by atoms with van der Waals surface area (Å²) in [6.45, 7) is -0.233. The van der Waals surface area contributed by atoms with Crippen molar-refractivity contribution >= 4 is 29.2 Å². The van der Waals surface area contributed by atoms with Crippen molar-refractivity contribution in [2.75, 3.05) is 11.4 Å². The fourth-order valence-electron chi connectivity index (χ4n) is 1.55. The maximum atomic E-state index is 12.6. The van der Waals surface area contributed by atoms with Gasteiger partial charge in [-0.3, -0.25) is 4.79 Å². The van der Waals surface area contributed by atoms with Crippen LogP contribution in [0, 0.1) is 0 Å². The van der Waals surface area contributed by atoms with Gasteiger partial charge in [0.05, 0.1) is 22.8 Å². The Morgan fingerprint density at radius 1 is 1.28 bits per heavy atom. The Balaban J connectivity index is 2.48. The van der Waals surface area contributed by atoms with Crippen LogP contribution in [0.25, 0.3) is 0 Å². The van der Waals surface area contributed by atoms with Crippen LogP contribution < -0.4 is 10.2 Å². The molecule has 0 saturated carbocycles. The molecule has 4 nitrogen and oxygen atoms in total. The van der Waals surface area contributed by atoms with Gasteiger partial charge in [0.2, 0.25) is 0 Å². The molecule has 0 unspecified atom stereocenters. The van der Waals surface area contributed by atoms with Crippen molar-refractivity contribution in [2.24, 2.45) is 0 Å². The van der Waals surface area contributed by atoms with Gasteiger partial charge in [-0.25, -0.2) is 9.69 Å². The van der Waals surface area contributed by atoms with Crippen LogP contribution in [-0.2, 0) is 11.0 Å². The van der Waals surface area contributed by atoms with Crippen LogP contribution in [0.3, 0.4) is 0 Å². The molecular weight excluding hydrogens is 273 g/mol. The summed E-state index contributed by atoms with van der Waals surface area (Å²) in [6.07, 6.45) is -4.65. The van der Waals surface area contributed by atoms with Crippen molar-refractivity contribution in [3.8, 4) is 0 Å². The number of hydrogen-bond donors (Lipinski definition) is 1. The number of halogens is 4. The van der Waals surface area contributed by atoms with Crippen molar-refractivity contribution in [2.45, 2.75) is 6.18 Å². The molecule has 96 valence electrons. The predicted octanol–water partition coefficient (Wildman–Crippen LogP) is 2.42.